The minimum Gasteiger partial charge on any atom is -0.455 e. The minimum absolute atomic E-state index is 0.109. The lowest BCUT2D eigenvalue weighted by Gasteiger charge is -2.22. The normalized spacial score (nSPS) is 15.9. The van der Waals surface area contributed by atoms with Crippen molar-refractivity contribution in [2.24, 2.45) is 0 Å². The van der Waals surface area contributed by atoms with E-state index in [2.05, 4.69) is 9.84 Å². The van der Waals surface area contributed by atoms with E-state index in [0.29, 0.717) is 5.92 Å². The first-order valence-electron chi connectivity index (χ1n) is 6.34. The Labute approximate surface area is 110 Å². The Morgan fingerprint density at radius 3 is 2.63 bits per heavy atom. The zero-order valence-electron chi connectivity index (χ0n) is 11.3. The van der Waals surface area contributed by atoms with Gasteiger partial charge in [-0.2, -0.15) is 5.10 Å². The Morgan fingerprint density at radius 1 is 1.53 bits per heavy atom. The van der Waals surface area contributed by atoms with Crippen LogP contribution in [0.5, 0.6) is 0 Å². The summed E-state index contributed by atoms with van der Waals surface area (Å²) in [5.41, 5.74) is 0.841. The molecule has 1 aromatic rings. The highest BCUT2D eigenvalue weighted by molar-refractivity contribution is 5.87. The Morgan fingerprint density at radius 2 is 2.16 bits per heavy atom. The maximum atomic E-state index is 12.0. The lowest BCUT2D eigenvalue weighted by atomic mass is 10.1. The van der Waals surface area contributed by atoms with Crippen LogP contribution in [-0.2, 0) is 10.3 Å². The van der Waals surface area contributed by atoms with Crippen LogP contribution < -0.4 is 0 Å². The molecule has 1 saturated carbocycles. The summed E-state index contributed by atoms with van der Waals surface area (Å²) in [6.45, 7) is 5.07. The Hall–Kier alpha value is -1.46. The average molecular weight is 272 g/mol. The molecule has 4 nitrogen and oxygen atoms in total. The van der Waals surface area contributed by atoms with Gasteiger partial charge in [0.2, 0.25) is 0 Å². The number of carbonyl (C=O) groups is 1. The molecule has 1 fully saturated rings. The topological polar surface area (TPSA) is 44.1 Å². The summed E-state index contributed by atoms with van der Waals surface area (Å²) in [6, 6.07) is 1.66. The van der Waals surface area contributed by atoms with E-state index in [-0.39, 0.29) is 11.2 Å². The van der Waals surface area contributed by atoms with Gasteiger partial charge in [-0.1, -0.05) is 0 Å². The van der Waals surface area contributed by atoms with Crippen molar-refractivity contribution in [3.63, 3.8) is 0 Å². The van der Waals surface area contributed by atoms with Crippen LogP contribution in [0.15, 0.2) is 6.07 Å². The van der Waals surface area contributed by atoms with E-state index in [9.17, 15) is 13.6 Å². The highest BCUT2D eigenvalue weighted by Crippen LogP contribution is 2.41. The molecule has 106 valence electrons. The zero-order valence-corrected chi connectivity index (χ0v) is 11.3. The van der Waals surface area contributed by atoms with Gasteiger partial charge in [-0.15, -0.1) is 0 Å². The first kappa shape index (κ1) is 14.0. The maximum Gasteiger partial charge on any atom is 0.359 e. The summed E-state index contributed by atoms with van der Waals surface area (Å²) in [4.78, 5) is 11.7. The molecular weight excluding hydrogens is 254 g/mol. The third kappa shape index (κ3) is 3.30. The molecule has 0 spiro atoms. The van der Waals surface area contributed by atoms with Crippen LogP contribution in [0.1, 0.15) is 55.7 Å². The van der Waals surface area contributed by atoms with Crippen molar-refractivity contribution in [3.8, 4) is 0 Å². The van der Waals surface area contributed by atoms with Gasteiger partial charge in [-0.25, -0.2) is 13.6 Å². The highest BCUT2D eigenvalue weighted by atomic mass is 19.3. The van der Waals surface area contributed by atoms with Crippen LogP contribution in [0.25, 0.3) is 0 Å². The molecule has 0 amide bonds. The molecule has 1 aliphatic carbocycles. The van der Waals surface area contributed by atoms with Crippen molar-refractivity contribution in [2.75, 3.05) is 6.61 Å². The number of aromatic nitrogens is 2. The number of alkyl halides is 2. The summed E-state index contributed by atoms with van der Waals surface area (Å²) >= 11 is 0. The van der Waals surface area contributed by atoms with Gasteiger partial charge < -0.3 is 4.74 Å². The molecule has 0 saturated heterocycles. The predicted molar refractivity (Wildman–Crippen MR) is 65.5 cm³/mol. The fraction of sp³-hybridized carbons (Fsp3) is 0.692. The molecule has 1 heterocycles. The fourth-order valence-electron chi connectivity index (χ4n) is 1.92. The van der Waals surface area contributed by atoms with Gasteiger partial charge in [-0.05, 0) is 39.7 Å². The molecule has 0 atom stereocenters. The summed E-state index contributed by atoms with van der Waals surface area (Å²) in [6.07, 6.45) is -0.503. The summed E-state index contributed by atoms with van der Waals surface area (Å²) in [5, 5.41) is 4.22. The molecule has 1 aliphatic rings. The summed E-state index contributed by atoms with van der Waals surface area (Å²) < 4.78 is 30.3. The van der Waals surface area contributed by atoms with Crippen molar-refractivity contribution in [1.29, 1.82) is 0 Å². The van der Waals surface area contributed by atoms with Gasteiger partial charge >= 0.3 is 5.97 Å². The van der Waals surface area contributed by atoms with Crippen LogP contribution >= 0.6 is 0 Å². The van der Waals surface area contributed by atoms with E-state index in [1.165, 1.54) is 0 Å². The number of carbonyl (C=O) groups excluding carboxylic acids is 1. The molecule has 0 bridgehead atoms. The first-order valence-corrected chi connectivity index (χ1v) is 6.34. The van der Waals surface area contributed by atoms with Crippen molar-refractivity contribution in [3.05, 3.63) is 17.5 Å². The molecule has 0 aliphatic heterocycles. The van der Waals surface area contributed by atoms with Gasteiger partial charge in [0.25, 0.3) is 6.43 Å². The molecule has 19 heavy (non-hydrogen) atoms. The van der Waals surface area contributed by atoms with Crippen LogP contribution in [0.4, 0.5) is 8.78 Å². The van der Waals surface area contributed by atoms with Crippen molar-refractivity contribution < 1.29 is 18.3 Å². The smallest absolute Gasteiger partial charge is 0.359 e. The maximum absolute atomic E-state index is 12.0. The molecule has 1 aromatic heterocycles. The van der Waals surface area contributed by atoms with Crippen LogP contribution in [0.3, 0.4) is 0 Å². The quantitative estimate of drug-likeness (QED) is 0.791. The molecule has 0 unspecified atom stereocenters. The third-order valence-electron chi connectivity index (χ3n) is 2.92. The number of esters is 1. The Bertz CT molecular complexity index is 473. The molecule has 0 aromatic carbocycles. The average Bonchev–Trinajstić information content (AvgIpc) is 3.03. The number of nitrogens with zero attached hydrogens (tertiary/aromatic N) is 2. The Kier molecular flexibility index (Phi) is 3.60. The largest absolute Gasteiger partial charge is 0.455 e. The predicted octanol–water partition coefficient (Wildman–Crippen LogP) is 2.94. The van der Waals surface area contributed by atoms with E-state index in [0.717, 1.165) is 18.5 Å². The molecule has 6 heteroatoms. The van der Waals surface area contributed by atoms with Gasteiger partial charge in [0.1, 0.15) is 0 Å². The van der Waals surface area contributed by atoms with Crippen molar-refractivity contribution in [1.82, 2.24) is 9.78 Å². The molecule has 2 rings (SSSR count). The second kappa shape index (κ2) is 4.90. The van der Waals surface area contributed by atoms with Gasteiger partial charge in [0.05, 0.1) is 5.54 Å². The standard InChI is InChI=1S/C13H18F2N2O2/c1-13(2,3)17-10(8-4-5-8)6-9(16-17)12(18)19-7-11(14)15/h6,8,11H,4-5,7H2,1-3H3. The number of ether oxygens (including phenoxy) is 1. The monoisotopic (exact) mass is 272 g/mol. The Balaban J connectivity index is 2.20. The van der Waals surface area contributed by atoms with Crippen molar-refractivity contribution in [2.45, 2.75) is 51.5 Å². The second-order valence-corrected chi connectivity index (χ2v) is 5.80. The SMILES string of the molecule is CC(C)(C)n1nc(C(=O)OCC(F)F)cc1C1CC1. The number of halogens is 2. The van der Waals surface area contributed by atoms with Crippen LogP contribution in [0, 0.1) is 0 Å². The van der Waals surface area contributed by atoms with Gasteiger partial charge in [0, 0.05) is 11.6 Å². The summed E-state index contributed by atoms with van der Waals surface area (Å²) in [7, 11) is 0. The molecule has 0 radical (unpaired) electrons. The van der Waals surface area contributed by atoms with E-state index >= 15 is 0 Å². The van der Waals surface area contributed by atoms with Crippen LogP contribution in [0.2, 0.25) is 0 Å². The van der Waals surface area contributed by atoms with E-state index in [1.807, 2.05) is 20.8 Å². The molecular formula is C13H18F2N2O2. The third-order valence-corrected chi connectivity index (χ3v) is 2.92. The lowest BCUT2D eigenvalue weighted by molar-refractivity contribution is 0.0153. The van der Waals surface area contributed by atoms with Gasteiger partial charge in [-0.3, -0.25) is 4.68 Å². The van der Waals surface area contributed by atoms with E-state index < -0.39 is 19.0 Å². The van der Waals surface area contributed by atoms with E-state index in [1.54, 1.807) is 10.7 Å². The first-order chi connectivity index (χ1) is 8.79. The van der Waals surface area contributed by atoms with E-state index in [4.69, 9.17) is 0 Å². The summed E-state index contributed by atoms with van der Waals surface area (Å²) in [5.74, 6) is -0.367. The number of rotatable bonds is 4. The zero-order chi connectivity index (χ0) is 14.2. The lowest BCUT2D eigenvalue weighted by Crippen LogP contribution is -2.25. The van der Waals surface area contributed by atoms with Crippen LogP contribution in [-0.4, -0.2) is 28.8 Å². The second-order valence-electron chi connectivity index (χ2n) is 5.80. The minimum atomic E-state index is -2.66. The number of hydrogen-bond acceptors (Lipinski definition) is 3. The highest BCUT2D eigenvalue weighted by Gasteiger charge is 2.32. The fourth-order valence-corrected chi connectivity index (χ4v) is 1.92. The molecule has 0 N–H and O–H groups in total. The van der Waals surface area contributed by atoms with Crippen molar-refractivity contribution >= 4 is 5.97 Å². The van der Waals surface area contributed by atoms with Gasteiger partial charge in [0.15, 0.2) is 12.3 Å². The number of hydrogen-bond donors (Lipinski definition) is 0.